The van der Waals surface area contributed by atoms with Gasteiger partial charge in [-0.3, -0.25) is 4.79 Å². The second kappa shape index (κ2) is 7.65. The number of rotatable bonds is 3. The van der Waals surface area contributed by atoms with Gasteiger partial charge in [-0.2, -0.15) is 0 Å². The smallest absolute Gasteiger partial charge is 0.222 e. The normalized spacial score (nSPS) is 33.4. The van der Waals surface area contributed by atoms with Gasteiger partial charge in [-0.1, -0.05) is 12.8 Å². The van der Waals surface area contributed by atoms with Gasteiger partial charge in [-0.15, -0.1) is 12.4 Å². The van der Waals surface area contributed by atoms with Gasteiger partial charge in [0.25, 0.3) is 0 Å². The Kier molecular flexibility index (Phi) is 6.16. The monoisotopic (exact) mass is 300 g/mol. The molecule has 3 nitrogen and oxygen atoms in total. The Morgan fingerprint density at radius 2 is 1.85 bits per heavy atom. The summed E-state index contributed by atoms with van der Waals surface area (Å²) in [6, 6.07) is 1.20. The van der Waals surface area contributed by atoms with Crippen molar-refractivity contribution in [3.8, 4) is 0 Å². The first-order valence-electron chi connectivity index (χ1n) is 8.37. The Balaban J connectivity index is 0.00000147. The van der Waals surface area contributed by atoms with Crippen molar-refractivity contribution in [3.05, 3.63) is 0 Å². The number of likely N-dealkylation sites (tertiary alicyclic amines) is 1. The number of nitrogens with zero attached hydrogens (tertiary/aromatic N) is 1. The average molecular weight is 301 g/mol. The molecule has 1 amide bonds. The number of hydrogen-bond donors (Lipinski definition) is 1. The molecule has 0 aromatic carbocycles. The third kappa shape index (κ3) is 3.67. The van der Waals surface area contributed by atoms with Crippen LogP contribution in [0.3, 0.4) is 0 Å². The number of fused-ring (bicyclic) bond motifs is 1. The Labute approximate surface area is 129 Å². The maximum Gasteiger partial charge on any atom is 0.222 e. The van der Waals surface area contributed by atoms with Crippen LogP contribution in [0.2, 0.25) is 0 Å². The molecule has 116 valence electrons. The zero-order valence-corrected chi connectivity index (χ0v) is 13.3. The highest BCUT2D eigenvalue weighted by atomic mass is 35.5. The number of halogens is 1. The van der Waals surface area contributed by atoms with Crippen molar-refractivity contribution in [2.24, 2.45) is 5.92 Å². The highest BCUT2D eigenvalue weighted by molar-refractivity contribution is 5.85. The van der Waals surface area contributed by atoms with Crippen LogP contribution in [0.5, 0.6) is 0 Å². The Hall–Kier alpha value is -0.280. The molecule has 3 atom stereocenters. The van der Waals surface area contributed by atoms with Crippen LogP contribution in [-0.4, -0.2) is 36.0 Å². The van der Waals surface area contributed by atoms with Crippen molar-refractivity contribution in [2.45, 2.75) is 76.3 Å². The Morgan fingerprint density at radius 1 is 1.05 bits per heavy atom. The summed E-state index contributed by atoms with van der Waals surface area (Å²) in [6.07, 6.45) is 12.3. The fourth-order valence-corrected chi connectivity index (χ4v) is 4.38. The summed E-state index contributed by atoms with van der Waals surface area (Å²) in [7, 11) is 0. The summed E-state index contributed by atoms with van der Waals surface area (Å²) < 4.78 is 0. The number of piperidine rings is 1. The van der Waals surface area contributed by atoms with E-state index in [2.05, 4.69) is 10.2 Å². The lowest BCUT2D eigenvalue weighted by atomic mass is 9.78. The summed E-state index contributed by atoms with van der Waals surface area (Å²) in [5.74, 6) is 1.25. The minimum Gasteiger partial charge on any atom is -0.339 e. The van der Waals surface area contributed by atoms with Gasteiger partial charge in [-0.25, -0.2) is 0 Å². The van der Waals surface area contributed by atoms with E-state index in [1.54, 1.807) is 0 Å². The minimum absolute atomic E-state index is 0. The van der Waals surface area contributed by atoms with Crippen molar-refractivity contribution < 1.29 is 4.79 Å². The summed E-state index contributed by atoms with van der Waals surface area (Å²) in [4.78, 5) is 14.8. The van der Waals surface area contributed by atoms with Crippen LogP contribution in [0.4, 0.5) is 0 Å². The van der Waals surface area contributed by atoms with Crippen LogP contribution in [0, 0.1) is 5.92 Å². The first-order chi connectivity index (χ1) is 9.34. The van der Waals surface area contributed by atoms with Crippen molar-refractivity contribution >= 4 is 18.3 Å². The number of hydrogen-bond acceptors (Lipinski definition) is 2. The van der Waals surface area contributed by atoms with E-state index in [-0.39, 0.29) is 12.4 Å². The molecule has 1 N–H and O–H groups in total. The zero-order valence-electron chi connectivity index (χ0n) is 12.5. The fourth-order valence-electron chi connectivity index (χ4n) is 4.38. The largest absolute Gasteiger partial charge is 0.339 e. The second-order valence-electron chi connectivity index (χ2n) is 6.67. The molecule has 0 radical (unpaired) electrons. The van der Waals surface area contributed by atoms with Crippen molar-refractivity contribution in [3.63, 3.8) is 0 Å². The molecule has 2 aliphatic heterocycles. The standard InChI is InChI=1S/C16H28N2O.ClH/c19-16(10-9-14-7-3-11-17-14)18-12-4-6-13-5-1-2-8-15(13)18;/h13-15,17H,1-12H2;1H. The molecule has 2 saturated heterocycles. The van der Waals surface area contributed by atoms with Gasteiger partial charge in [0, 0.05) is 25.0 Å². The van der Waals surface area contributed by atoms with Gasteiger partial charge in [0.15, 0.2) is 0 Å². The van der Waals surface area contributed by atoms with E-state index < -0.39 is 0 Å². The lowest BCUT2D eigenvalue weighted by molar-refractivity contribution is -0.137. The van der Waals surface area contributed by atoms with E-state index in [0.717, 1.165) is 31.8 Å². The molecule has 3 unspecified atom stereocenters. The first kappa shape index (κ1) is 16.1. The van der Waals surface area contributed by atoms with Gasteiger partial charge in [-0.05, 0) is 57.4 Å². The van der Waals surface area contributed by atoms with E-state index in [0.29, 0.717) is 18.0 Å². The third-order valence-electron chi connectivity index (χ3n) is 5.43. The number of nitrogens with one attached hydrogen (secondary N) is 1. The molecular formula is C16H29ClN2O. The summed E-state index contributed by atoms with van der Waals surface area (Å²) >= 11 is 0. The van der Waals surface area contributed by atoms with Crippen LogP contribution in [0.1, 0.15) is 64.2 Å². The second-order valence-corrected chi connectivity index (χ2v) is 6.67. The predicted molar refractivity (Wildman–Crippen MR) is 84.2 cm³/mol. The van der Waals surface area contributed by atoms with Crippen molar-refractivity contribution in [1.29, 1.82) is 0 Å². The molecule has 3 aliphatic rings. The first-order valence-corrected chi connectivity index (χ1v) is 8.37. The van der Waals surface area contributed by atoms with E-state index >= 15 is 0 Å². The lowest BCUT2D eigenvalue weighted by Crippen LogP contribution is -2.49. The van der Waals surface area contributed by atoms with Crippen LogP contribution in [-0.2, 0) is 4.79 Å². The van der Waals surface area contributed by atoms with Gasteiger partial charge in [0.1, 0.15) is 0 Å². The molecule has 0 bridgehead atoms. The van der Waals surface area contributed by atoms with E-state index in [9.17, 15) is 4.79 Å². The zero-order chi connectivity index (χ0) is 13.1. The highest BCUT2D eigenvalue weighted by Gasteiger charge is 2.35. The maximum atomic E-state index is 12.5. The molecule has 0 aromatic heterocycles. The fraction of sp³-hybridized carbons (Fsp3) is 0.938. The Bertz CT molecular complexity index is 316. The van der Waals surface area contributed by atoms with Crippen LogP contribution >= 0.6 is 12.4 Å². The van der Waals surface area contributed by atoms with E-state index in [4.69, 9.17) is 0 Å². The molecule has 0 aromatic rings. The van der Waals surface area contributed by atoms with E-state index in [1.807, 2.05) is 0 Å². The molecule has 1 saturated carbocycles. The van der Waals surface area contributed by atoms with Gasteiger partial charge >= 0.3 is 0 Å². The third-order valence-corrected chi connectivity index (χ3v) is 5.43. The molecule has 0 spiro atoms. The van der Waals surface area contributed by atoms with Crippen molar-refractivity contribution in [2.75, 3.05) is 13.1 Å². The molecule has 2 heterocycles. The highest BCUT2D eigenvalue weighted by Crippen LogP contribution is 2.35. The summed E-state index contributed by atoms with van der Waals surface area (Å²) in [5, 5.41) is 3.50. The molecule has 1 aliphatic carbocycles. The van der Waals surface area contributed by atoms with Gasteiger partial charge < -0.3 is 10.2 Å². The molecule has 3 rings (SSSR count). The maximum absolute atomic E-state index is 12.5. The van der Waals surface area contributed by atoms with Crippen LogP contribution < -0.4 is 5.32 Å². The Morgan fingerprint density at radius 3 is 2.65 bits per heavy atom. The molecule has 3 fully saturated rings. The summed E-state index contributed by atoms with van der Waals surface area (Å²) in [5.41, 5.74) is 0. The van der Waals surface area contributed by atoms with Gasteiger partial charge in [0.05, 0.1) is 0 Å². The topological polar surface area (TPSA) is 32.3 Å². The molecule has 4 heteroatoms. The molecular weight excluding hydrogens is 272 g/mol. The number of carbonyl (C=O) groups is 1. The van der Waals surface area contributed by atoms with Crippen molar-refractivity contribution in [1.82, 2.24) is 10.2 Å². The predicted octanol–water partition coefficient (Wildman–Crippen LogP) is 3.12. The minimum atomic E-state index is 0. The SMILES string of the molecule is Cl.O=C(CCC1CCCN1)N1CCCC2CCCCC21. The average Bonchev–Trinajstić information content (AvgIpc) is 2.97. The number of amides is 1. The quantitative estimate of drug-likeness (QED) is 0.868. The summed E-state index contributed by atoms with van der Waals surface area (Å²) in [6.45, 7) is 2.17. The lowest BCUT2D eigenvalue weighted by Gasteiger charge is -2.44. The van der Waals surface area contributed by atoms with Crippen LogP contribution in [0.25, 0.3) is 0 Å². The number of carbonyl (C=O) groups excluding carboxylic acids is 1. The van der Waals surface area contributed by atoms with Gasteiger partial charge in [0.2, 0.25) is 5.91 Å². The molecule has 20 heavy (non-hydrogen) atoms. The van der Waals surface area contributed by atoms with Crippen LogP contribution in [0.15, 0.2) is 0 Å². The van der Waals surface area contributed by atoms with E-state index in [1.165, 1.54) is 51.4 Å².